The van der Waals surface area contributed by atoms with Crippen molar-refractivity contribution in [2.75, 3.05) is 14.2 Å². The van der Waals surface area contributed by atoms with E-state index in [1.807, 2.05) is 13.1 Å². The van der Waals surface area contributed by atoms with Gasteiger partial charge in [-0.05, 0) is 37.1 Å². The van der Waals surface area contributed by atoms with Crippen molar-refractivity contribution in [1.29, 1.82) is 0 Å². The number of nitrogens with one attached hydrogen (secondary N) is 1. The summed E-state index contributed by atoms with van der Waals surface area (Å²) >= 11 is 6.09. The SMILES string of the molecule is CNC(CC1CCCCC1)c1ccc(Cl)c(OC)c1. The molecule has 1 saturated carbocycles. The normalized spacial score (nSPS) is 18.3. The molecule has 3 heteroatoms. The number of benzene rings is 1. The molecule has 0 aromatic heterocycles. The average Bonchev–Trinajstić information content (AvgIpc) is 2.46. The van der Waals surface area contributed by atoms with Crippen molar-refractivity contribution in [3.05, 3.63) is 28.8 Å². The molecule has 1 aliphatic rings. The first-order chi connectivity index (χ1) is 9.24. The zero-order chi connectivity index (χ0) is 13.7. The van der Waals surface area contributed by atoms with Gasteiger partial charge in [0.05, 0.1) is 12.1 Å². The van der Waals surface area contributed by atoms with E-state index in [1.165, 1.54) is 44.1 Å². The molecule has 2 rings (SSSR count). The van der Waals surface area contributed by atoms with E-state index in [-0.39, 0.29) is 0 Å². The van der Waals surface area contributed by atoms with Crippen molar-refractivity contribution < 1.29 is 4.74 Å². The van der Waals surface area contributed by atoms with Crippen LogP contribution in [0.3, 0.4) is 0 Å². The van der Waals surface area contributed by atoms with Crippen molar-refractivity contribution in [2.24, 2.45) is 5.92 Å². The predicted molar refractivity (Wildman–Crippen MR) is 81.0 cm³/mol. The zero-order valence-corrected chi connectivity index (χ0v) is 12.7. The molecule has 106 valence electrons. The number of hydrogen-bond acceptors (Lipinski definition) is 2. The number of halogens is 1. The smallest absolute Gasteiger partial charge is 0.137 e. The number of methoxy groups -OCH3 is 1. The third kappa shape index (κ3) is 3.87. The van der Waals surface area contributed by atoms with Gasteiger partial charge in [-0.15, -0.1) is 0 Å². The fraction of sp³-hybridized carbons (Fsp3) is 0.625. The fourth-order valence-corrected chi connectivity index (χ4v) is 3.26. The molecule has 1 N–H and O–H groups in total. The minimum atomic E-state index is 0.397. The molecule has 0 bridgehead atoms. The van der Waals surface area contributed by atoms with Crippen LogP contribution in [0.2, 0.25) is 5.02 Å². The minimum absolute atomic E-state index is 0.397. The van der Waals surface area contributed by atoms with Gasteiger partial charge >= 0.3 is 0 Å². The molecule has 1 atom stereocenters. The van der Waals surface area contributed by atoms with Gasteiger partial charge in [-0.2, -0.15) is 0 Å². The van der Waals surface area contributed by atoms with E-state index in [0.29, 0.717) is 11.1 Å². The Hall–Kier alpha value is -0.730. The van der Waals surface area contributed by atoms with Gasteiger partial charge in [-0.1, -0.05) is 49.8 Å². The Bertz CT molecular complexity index is 402. The van der Waals surface area contributed by atoms with E-state index in [9.17, 15) is 0 Å². The lowest BCUT2D eigenvalue weighted by atomic mass is 9.83. The summed E-state index contributed by atoms with van der Waals surface area (Å²) in [6.45, 7) is 0. The monoisotopic (exact) mass is 281 g/mol. The lowest BCUT2D eigenvalue weighted by molar-refractivity contribution is 0.305. The van der Waals surface area contributed by atoms with Crippen LogP contribution in [-0.4, -0.2) is 14.2 Å². The number of rotatable bonds is 5. The molecule has 1 unspecified atom stereocenters. The van der Waals surface area contributed by atoms with Gasteiger partial charge < -0.3 is 10.1 Å². The van der Waals surface area contributed by atoms with Gasteiger partial charge in [0.25, 0.3) is 0 Å². The summed E-state index contributed by atoms with van der Waals surface area (Å²) in [5, 5.41) is 4.12. The second kappa shape index (κ2) is 7.16. The van der Waals surface area contributed by atoms with Crippen molar-refractivity contribution in [3.63, 3.8) is 0 Å². The molecule has 0 spiro atoms. The standard InChI is InChI=1S/C16H24ClNO/c1-18-15(10-12-6-4-3-5-7-12)13-8-9-14(17)16(11-13)19-2/h8-9,11-12,15,18H,3-7,10H2,1-2H3. The molecule has 1 aromatic carbocycles. The van der Waals surface area contributed by atoms with Crippen LogP contribution in [0.1, 0.15) is 50.1 Å². The van der Waals surface area contributed by atoms with Crippen LogP contribution in [0.25, 0.3) is 0 Å². The van der Waals surface area contributed by atoms with Gasteiger partial charge in [0.15, 0.2) is 0 Å². The Labute approximate surface area is 121 Å². The second-order valence-corrected chi connectivity index (χ2v) is 5.88. The molecule has 0 heterocycles. The summed E-state index contributed by atoms with van der Waals surface area (Å²) < 4.78 is 5.31. The van der Waals surface area contributed by atoms with Crippen LogP contribution >= 0.6 is 11.6 Å². The van der Waals surface area contributed by atoms with Crippen molar-refractivity contribution >= 4 is 11.6 Å². The summed E-state index contributed by atoms with van der Waals surface area (Å²) in [7, 11) is 3.70. The first-order valence-electron chi connectivity index (χ1n) is 7.25. The Morgan fingerprint density at radius 3 is 2.68 bits per heavy atom. The van der Waals surface area contributed by atoms with Crippen LogP contribution in [-0.2, 0) is 0 Å². The van der Waals surface area contributed by atoms with Crippen LogP contribution in [0.5, 0.6) is 5.75 Å². The van der Waals surface area contributed by atoms with Gasteiger partial charge in [0.1, 0.15) is 5.75 Å². The second-order valence-electron chi connectivity index (χ2n) is 5.47. The number of hydrogen-bond donors (Lipinski definition) is 1. The Morgan fingerprint density at radius 2 is 2.05 bits per heavy atom. The molecule has 1 aromatic rings. The highest BCUT2D eigenvalue weighted by atomic mass is 35.5. The molecule has 0 amide bonds. The quantitative estimate of drug-likeness (QED) is 0.853. The Morgan fingerprint density at radius 1 is 1.32 bits per heavy atom. The van der Waals surface area contributed by atoms with Gasteiger partial charge in [-0.3, -0.25) is 0 Å². The summed E-state index contributed by atoms with van der Waals surface area (Å²) in [5.41, 5.74) is 1.27. The van der Waals surface area contributed by atoms with Gasteiger partial charge in [0, 0.05) is 6.04 Å². The summed E-state index contributed by atoms with van der Waals surface area (Å²) in [4.78, 5) is 0. The zero-order valence-electron chi connectivity index (χ0n) is 11.9. The van der Waals surface area contributed by atoms with Crippen molar-refractivity contribution in [1.82, 2.24) is 5.32 Å². The molecular formula is C16H24ClNO. The third-order valence-corrected chi connectivity index (χ3v) is 4.53. The topological polar surface area (TPSA) is 21.3 Å². The van der Waals surface area contributed by atoms with Gasteiger partial charge in [0.2, 0.25) is 0 Å². The lowest BCUT2D eigenvalue weighted by Crippen LogP contribution is -2.21. The molecular weight excluding hydrogens is 258 g/mol. The van der Waals surface area contributed by atoms with Gasteiger partial charge in [-0.25, -0.2) is 0 Å². The molecule has 0 saturated heterocycles. The molecule has 19 heavy (non-hydrogen) atoms. The Kier molecular flexibility index (Phi) is 5.53. The first-order valence-corrected chi connectivity index (χ1v) is 7.63. The molecule has 1 aliphatic carbocycles. The summed E-state index contributed by atoms with van der Waals surface area (Å²) in [6.07, 6.45) is 8.17. The maximum Gasteiger partial charge on any atom is 0.137 e. The molecule has 0 aliphatic heterocycles. The van der Waals surface area contributed by atoms with Crippen LogP contribution in [0.4, 0.5) is 0 Å². The van der Waals surface area contributed by atoms with E-state index >= 15 is 0 Å². The van der Waals surface area contributed by atoms with E-state index < -0.39 is 0 Å². The highest BCUT2D eigenvalue weighted by Crippen LogP contribution is 2.34. The lowest BCUT2D eigenvalue weighted by Gasteiger charge is -2.27. The Balaban J connectivity index is 2.07. The van der Waals surface area contributed by atoms with E-state index in [0.717, 1.165) is 11.7 Å². The summed E-state index contributed by atoms with van der Waals surface area (Å²) in [6, 6.07) is 6.50. The molecule has 2 nitrogen and oxygen atoms in total. The average molecular weight is 282 g/mol. The first kappa shape index (κ1) is 14.7. The fourth-order valence-electron chi connectivity index (χ4n) is 3.07. The highest BCUT2D eigenvalue weighted by Gasteiger charge is 2.19. The van der Waals surface area contributed by atoms with Crippen LogP contribution < -0.4 is 10.1 Å². The molecule has 0 radical (unpaired) electrons. The van der Waals surface area contributed by atoms with Crippen molar-refractivity contribution in [2.45, 2.75) is 44.6 Å². The predicted octanol–water partition coefficient (Wildman–Crippen LogP) is 4.58. The van der Waals surface area contributed by atoms with E-state index in [4.69, 9.17) is 16.3 Å². The minimum Gasteiger partial charge on any atom is -0.495 e. The van der Waals surface area contributed by atoms with Crippen LogP contribution in [0.15, 0.2) is 18.2 Å². The highest BCUT2D eigenvalue weighted by molar-refractivity contribution is 6.32. The third-order valence-electron chi connectivity index (χ3n) is 4.22. The van der Waals surface area contributed by atoms with E-state index in [2.05, 4.69) is 17.4 Å². The summed E-state index contributed by atoms with van der Waals surface area (Å²) in [5.74, 6) is 1.62. The number of ether oxygens (including phenoxy) is 1. The largest absolute Gasteiger partial charge is 0.495 e. The maximum atomic E-state index is 6.09. The molecule has 1 fully saturated rings. The van der Waals surface area contributed by atoms with Crippen LogP contribution in [0, 0.1) is 5.92 Å². The van der Waals surface area contributed by atoms with Crippen molar-refractivity contribution in [3.8, 4) is 5.75 Å². The maximum absolute atomic E-state index is 6.09. The van der Waals surface area contributed by atoms with E-state index in [1.54, 1.807) is 7.11 Å².